The highest BCUT2D eigenvalue weighted by atomic mass is 19.1. The van der Waals surface area contributed by atoms with Crippen molar-refractivity contribution in [1.29, 1.82) is 0 Å². The molecule has 7 heteroatoms. The number of carbonyl (C=O) groups excluding carboxylic acids is 1. The largest absolute Gasteiger partial charge is 0.388 e. The van der Waals surface area contributed by atoms with Crippen LogP contribution in [0.2, 0.25) is 0 Å². The molecule has 2 aromatic rings. The third-order valence-electron chi connectivity index (χ3n) is 5.36. The smallest absolute Gasteiger partial charge is 0.168 e. The van der Waals surface area contributed by atoms with Gasteiger partial charge in [0, 0.05) is 38.9 Å². The summed E-state index contributed by atoms with van der Waals surface area (Å²) in [4.78, 5) is 18.9. The molecule has 2 saturated heterocycles. The molecule has 0 amide bonds. The van der Waals surface area contributed by atoms with E-state index in [0.717, 1.165) is 55.4 Å². The highest BCUT2D eigenvalue weighted by Gasteiger charge is 2.19. The lowest BCUT2D eigenvalue weighted by atomic mass is 10.2. The van der Waals surface area contributed by atoms with E-state index in [4.69, 9.17) is 0 Å². The van der Waals surface area contributed by atoms with Crippen LogP contribution in [0.5, 0.6) is 0 Å². The summed E-state index contributed by atoms with van der Waals surface area (Å²) in [6.45, 7) is 6.42. The number of rotatable bonds is 4. The van der Waals surface area contributed by atoms with Gasteiger partial charge in [-0.25, -0.2) is 4.39 Å². The molecule has 1 atom stereocenters. The summed E-state index contributed by atoms with van der Waals surface area (Å²) in [5.74, 6) is 0.638. The zero-order chi connectivity index (χ0) is 22.6. The van der Waals surface area contributed by atoms with E-state index in [0.29, 0.717) is 5.69 Å². The number of pyridine rings is 1. The Kier molecular flexibility index (Phi) is 10.2. The fourth-order valence-electron chi connectivity index (χ4n) is 3.70. The summed E-state index contributed by atoms with van der Waals surface area (Å²) in [5, 5.41) is 5.68. The second-order valence-corrected chi connectivity index (χ2v) is 8.01. The number of nitrogens with one attached hydrogen (secondary N) is 2. The summed E-state index contributed by atoms with van der Waals surface area (Å²) in [6.07, 6.45) is 6.15. The number of halogens is 1. The van der Waals surface area contributed by atoms with Gasteiger partial charge in [0.2, 0.25) is 0 Å². The highest BCUT2D eigenvalue weighted by Crippen LogP contribution is 2.25. The van der Waals surface area contributed by atoms with Crippen LogP contribution in [0, 0.1) is 11.7 Å². The van der Waals surface area contributed by atoms with Crippen LogP contribution in [-0.4, -0.2) is 58.6 Å². The number of aromatic nitrogens is 1. The van der Waals surface area contributed by atoms with Crippen LogP contribution in [0.1, 0.15) is 36.7 Å². The Labute approximate surface area is 185 Å². The second kappa shape index (κ2) is 12.9. The molecule has 31 heavy (non-hydrogen) atoms. The first kappa shape index (κ1) is 24.6. The first-order valence-corrected chi connectivity index (χ1v) is 11.0. The van der Waals surface area contributed by atoms with Crippen molar-refractivity contribution in [3.05, 3.63) is 48.0 Å². The molecule has 0 bridgehead atoms. The van der Waals surface area contributed by atoms with Crippen molar-refractivity contribution >= 4 is 23.3 Å². The fraction of sp³-hybridized carbons (Fsp3) is 0.500. The van der Waals surface area contributed by atoms with Gasteiger partial charge in [-0.2, -0.15) is 0 Å². The topological polar surface area (TPSA) is 60.5 Å². The van der Waals surface area contributed by atoms with Gasteiger partial charge in [-0.3, -0.25) is 9.78 Å². The van der Waals surface area contributed by atoms with Crippen molar-refractivity contribution < 1.29 is 9.18 Å². The molecule has 2 fully saturated rings. The van der Waals surface area contributed by atoms with Crippen LogP contribution in [0.4, 0.5) is 21.5 Å². The lowest BCUT2D eigenvalue weighted by molar-refractivity contribution is 0.111. The third-order valence-corrected chi connectivity index (χ3v) is 5.36. The Balaban J connectivity index is 0.000000196. The minimum atomic E-state index is -0.126. The van der Waals surface area contributed by atoms with E-state index in [-0.39, 0.29) is 5.82 Å². The number of hydrogen-bond acceptors (Lipinski definition) is 6. The van der Waals surface area contributed by atoms with Crippen molar-refractivity contribution in [2.24, 2.45) is 5.92 Å². The quantitative estimate of drug-likeness (QED) is 0.716. The molecule has 2 aliphatic rings. The van der Waals surface area contributed by atoms with E-state index < -0.39 is 0 Å². The number of nitrogens with zero attached hydrogens (tertiary/aromatic N) is 3. The minimum absolute atomic E-state index is 0.126. The van der Waals surface area contributed by atoms with Crippen LogP contribution in [0.15, 0.2) is 36.5 Å². The molecule has 1 aromatic heterocycles. The third kappa shape index (κ3) is 7.51. The Bertz CT molecular complexity index is 793. The van der Waals surface area contributed by atoms with E-state index in [2.05, 4.69) is 32.3 Å². The Morgan fingerprint density at radius 1 is 1.06 bits per heavy atom. The average molecular weight is 430 g/mol. The SMILES string of the molecule is CC1CCN(c2ccc(C=O)nc2)C1.CNC.CNc1ccc(N2CCCC2)c(F)c1. The molecule has 3 heterocycles. The van der Waals surface area contributed by atoms with Gasteiger partial charge >= 0.3 is 0 Å². The number of carbonyl (C=O) groups is 1. The summed E-state index contributed by atoms with van der Waals surface area (Å²) >= 11 is 0. The first-order valence-electron chi connectivity index (χ1n) is 11.0. The van der Waals surface area contributed by atoms with Crippen LogP contribution in [0.25, 0.3) is 0 Å². The van der Waals surface area contributed by atoms with Crippen molar-refractivity contribution in [1.82, 2.24) is 10.3 Å². The molecule has 6 nitrogen and oxygen atoms in total. The first-order chi connectivity index (χ1) is 15.0. The van der Waals surface area contributed by atoms with Gasteiger partial charge in [0.15, 0.2) is 6.29 Å². The average Bonchev–Trinajstić information content (AvgIpc) is 3.47. The normalized spacial score (nSPS) is 17.4. The maximum Gasteiger partial charge on any atom is 0.168 e. The standard InChI is InChI=1S/C11H15FN2.C11H14N2O.C2H7N/c1-13-9-4-5-11(10(12)8-9)14-6-2-3-7-14;1-9-4-5-13(7-9)11-3-2-10(8-14)12-6-11;1-3-2/h4-5,8,13H,2-3,6-7H2,1H3;2-3,6,8-9H,4-5,7H2,1H3;3H,1-2H3. The van der Waals surface area contributed by atoms with Crippen LogP contribution < -0.4 is 20.4 Å². The van der Waals surface area contributed by atoms with Gasteiger partial charge in [0.1, 0.15) is 11.5 Å². The lowest BCUT2D eigenvalue weighted by Crippen LogP contribution is -2.19. The zero-order valence-electron chi connectivity index (χ0n) is 19.2. The molecular formula is C24H36FN5O. The van der Waals surface area contributed by atoms with Gasteiger partial charge < -0.3 is 20.4 Å². The zero-order valence-corrected chi connectivity index (χ0v) is 19.2. The molecule has 0 spiro atoms. The van der Waals surface area contributed by atoms with Gasteiger partial charge in [0.25, 0.3) is 0 Å². The summed E-state index contributed by atoms with van der Waals surface area (Å²) in [5.41, 5.74) is 3.19. The predicted octanol–water partition coefficient (Wildman–Crippen LogP) is 4.04. The molecule has 1 aromatic carbocycles. The monoisotopic (exact) mass is 429 g/mol. The van der Waals surface area contributed by atoms with E-state index >= 15 is 0 Å². The second-order valence-electron chi connectivity index (χ2n) is 8.01. The van der Waals surface area contributed by atoms with Crippen molar-refractivity contribution in [3.8, 4) is 0 Å². The molecule has 0 saturated carbocycles. The van der Waals surface area contributed by atoms with Crippen molar-refractivity contribution in [3.63, 3.8) is 0 Å². The fourth-order valence-corrected chi connectivity index (χ4v) is 3.70. The van der Waals surface area contributed by atoms with Crippen LogP contribution in [0.3, 0.4) is 0 Å². The molecule has 2 aliphatic heterocycles. The van der Waals surface area contributed by atoms with Gasteiger partial charge in [-0.05, 0) is 69.6 Å². The van der Waals surface area contributed by atoms with E-state index in [1.54, 1.807) is 25.4 Å². The van der Waals surface area contributed by atoms with Crippen LogP contribution in [-0.2, 0) is 0 Å². The molecule has 0 aliphatic carbocycles. The minimum Gasteiger partial charge on any atom is -0.388 e. The molecule has 2 N–H and O–H groups in total. The molecule has 170 valence electrons. The number of anilines is 3. The molecule has 4 rings (SSSR count). The van der Waals surface area contributed by atoms with Gasteiger partial charge in [0.05, 0.1) is 17.6 Å². The van der Waals surface area contributed by atoms with E-state index in [1.807, 2.05) is 32.3 Å². The Hall–Kier alpha value is -2.67. The van der Waals surface area contributed by atoms with Crippen LogP contribution >= 0.6 is 0 Å². The number of benzene rings is 1. The van der Waals surface area contributed by atoms with E-state index in [9.17, 15) is 9.18 Å². The highest BCUT2D eigenvalue weighted by molar-refractivity contribution is 5.72. The lowest BCUT2D eigenvalue weighted by Gasteiger charge is -2.18. The maximum absolute atomic E-state index is 13.6. The summed E-state index contributed by atoms with van der Waals surface area (Å²) in [7, 11) is 5.55. The number of hydrogen-bond donors (Lipinski definition) is 2. The molecule has 0 radical (unpaired) electrons. The maximum atomic E-state index is 13.6. The Morgan fingerprint density at radius 3 is 2.26 bits per heavy atom. The predicted molar refractivity (Wildman–Crippen MR) is 128 cm³/mol. The number of aldehydes is 1. The summed E-state index contributed by atoms with van der Waals surface area (Å²) < 4.78 is 13.6. The van der Waals surface area contributed by atoms with Gasteiger partial charge in [-0.15, -0.1) is 0 Å². The summed E-state index contributed by atoms with van der Waals surface area (Å²) in [6, 6.07) is 9.05. The molecule has 1 unspecified atom stereocenters. The van der Waals surface area contributed by atoms with E-state index in [1.165, 1.54) is 19.3 Å². The van der Waals surface area contributed by atoms with Crippen molar-refractivity contribution in [2.45, 2.75) is 26.2 Å². The molecular weight excluding hydrogens is 393 g/mol. The Morgan fingerprint density at radius 2 is 1.77 bits per heavy atom. The van der Waals surface area contributed by atoms with Crippen molar-refractivity contribution in [2.75, 3.05) is 62.4 Å². The van der Waals surface area contributed by atoms with Gasteiger partial charge in [-0.1, -0.05) is 6.92 Å².